The van der Waals surface area contributed by atoms with Crippen molar-refractivity contribution in [3.05, 3.63) is 181 Å². The van der Waals surface area contributed by atoms with Gasteiger partial charge in [0.15, 0.2) is 0 Å². The second kappa shape index (κ2) is 17.5. The second-order valence-corrected chi connectivity index (χ2v) is 29.0. The summed E-state index contributed by atoms with van der Waals surface area (Å²) in [7, 11) is 0. The summed E-state index contributed by atoms with van der Waals surface area (Å²) in [5.41, 5.74) is 12.4. The standard InChI is InChI=1S/C40H31N2O.C17H22GeN.Ir/c1-25-20-21-30-31-17-10-18-32(38(31)43-36(30)22-25)39-41-34-23-27-14-8-9-15-28(27)24-35(34)42(39)37-29(26-12-6-5-7-13-26)16-11-19-33(37)40(2,3)4;1-13(2)15-11-17(14-9-7-6-8-10-14)19-12-16(15)18(3,4)5;/h5-17,19-24H,1-4H3;6-9,11-13H,1-5H3;/q2*-1;/i;6D,7D,8D,13D;. The van der Waals surface area contributed by atoms with Crippen molar-refractivity contribution in [2.24, 2.45) is 0 Å². The van der Waals surface area contributed by atoms with Gasteiger partial charge in [-0.3, -0.25) is 4.98 Å². The Kier molecular flexibility index (Phi) is 10.9. The molecule has 0 unspecified atom stereocenters. The molecule has 0 saturated carbocycles. The summed E-state index contributed by atoms with van der Waals surface area (Å²) in [5.74, 6) is 6.90. The van der Waals surface area contributed by atoms with Crippen LogP contribution in [0.4, 0.5) is 0 Å². The van der Waals surface area contributed by atoms with E-state index in [0.717, 1.165) is 61.2 Å². The van der Waals surface area contributed by atoms with Gasteiger partial charge in [-0.25, -0.2) is 0 Å². The zero-order valence-corrected chi connectivity index (χ0v) is 41.8. The quantitative estimate of drug-likeness (QED) is 0.123. The number of hydrogen-bond donors (Lipinski definition) is 0. The average molecular weight is 1060 g/mol. The average Bonchev–Trinajstić information content (AvgIpc) is 3.83. The van der Waals surface area contributed by atoms with Gasteiger partial charge in [0.05, 0.1) is 28.1 Å². The van der Waals surface area contributed by atoms with Crippen molar-refractivity contribution in [3.8, 4) is 39.5 Å². The van der Waals surface area contributed by atoms with E-state index in [9.17, 15) is 0 Å². The van der Waals surface area contributed by atoms with Crippen LogP contribution in [0.25, 0.3) is 83.2 Å². The maximum absolute atomic E-state index is 8.46. The van der Waals surface area contributed by atoms with Crippen LogP contribution >= 0.6 is 0 Å². The monoisotopic (exact) mass is 1070 g/mol. The molecule has 0 aliphatic heterocycles. The van der Waals surface area contributed by atoms with Gasteiger partial charge in [-0.2, -0.15) is 0 Å². The van der Waals surface area contributed by atoms with Crippen molar-refractivity contribution >= 4 is 61.4 Å². The number of rotatable bonds is 6. The molecule has 7 aromatic carbocycles. The number of furan rings is 1. The van der Waals surface area contributed by atoms with E-state index < -0.39 is 19.2 Å². The van der Waals surface area contributed by atoms with E-state index in [-0.39, 0.29) is 43.6 Å². The molecule has 3 aromatic heterocycles. The maximum atomic E-state index is 8.46. The van der Waals surface area contributed by atoms with Gasteiger partial charge < -0.3 is 8.98 Å². The van der Waals surface area contributed by atoms with Gasteiger partial charge in [0.25, 0.3) is 0 Å². The Morgan fingerprint density at radius 3 is 2.25 bits per heavy atom. The van der Waals surface area contributed by atoms with Gasteiger partial charge in [0.1, 0.15) is 5.58 Å². The summed E-state index contributed by atoms with van der Waals surface area (Å²) in [6, 6.07) is 50.4. The van der Waals surface area contributed by atoms with Crippen LogP contribution in [0.2, 0.25) is 17.3 Å². The minimum atomic E-state index is -2.17. The predicted octanol–water partition coefficient (Wildman–Crippen LogP) is 15.0. The fourth-order valence-electron chi connectivity index (χ4n) is 8.44. The topological polar surface area (TPSA) is 43.9 Å². The molecule has 0 fully saturated rings. The Bertz CT molecular complexity index is 3470. The zero-order chi connectivity index (χ0) is 46.9. The Morgan fingerprint density at radius 2 is 1.54 bits per heavy atom. The SMILES string of the molecule is Cc1ccc2c(c1)oc1c(-c3nc4cc5ccccc5cc4n3-c3c(-c4ccccc4)cccc3C(C)(C)C)[c-]ccc12.[2H]c1[c-]c(-c2cc(C([2H])(C)C)[c]([Ge]([CH3])([CH3])[CH3])cn2)cc([2H])c1[2H].[Ir]. The van der Waals surface area contributed by atoms with E-state index >= 15 is 0 Å². The van der Waals surface area contributed by atoms with E-state index in [0.29, 0.717) is 11.3 Å². The van der Waals surface area contributed by atoms with Crippen LogP contribution in [0.3, 0.4) is 0 Å². The molecule has 0 saturated heterocycles. The Morgan fingerprint density at radius 1 is 0.794 bits per heavy atom. The minimum Gasteiger partial charge on any atom is 0 e. The molecule has 0 bridgehead atoms. The summed E-state index contributed by atoms with van der Waals surface area (Å²) < 4.78 is 41.8. The van der Waals surface area contributed by atoms with Crippen LogP contribution in [0, 0.1) is 19.1 Å². The number of aryl methyl sites for hydroxylation is 1. The van der Waals surface area contributed by atoms with Crippen molar-refractivity contribution in [3.63, 3.8) is 0 Å². The molecule has 0 spiro atoms. The number of pyridine rings is 1. The predicted molar refractivity (Wildman–Crippen MR) is 265 cm³/mol. The van der Waals surface area contributed by atoms with Crippen molar-refractivity contribution in [2.45, 2.75) is 70.1 Å². The van der Waals surface area contributed by atoms with E-state index in [1.54, 1.807) is 0 Å². The van der Waals surface area contributed by atoms with Crippen LogP contribution in [-0.4, -0.2) is 27.8 Å². The third-order valence-electron chi connectivity index (χ3n) is 11.6. The third-order valence-corrected chi connectivity index (χ3v) is 15.8. The van der Waals surface area contributed by atoms with Gasteiger partial charge in [-0.15, -0.1) is 18.2 Å². The molecule has 3 heterocycles. The largest absolute Gasteiger partial charge is 0 e. The first-order chi connectivity index (χ1) is 31.3. The smallest absolute Gasteiger partial charge is 0 e. The molecule has 10 aromatic rings. The molecule has 0 N–H and O–H groups in total. The number of imidazole rings is 1. The number of nitrogens with zero attached hydrogens (tertiary/aromatic N) is 3. The van der Waals surface area contributed by atoms with E-state index in [1.807, 2.05) is 32.2 Å². The number of benzene rings is 7. The van der Waals surface area contributed by atoms with E-state index in [1.165, 1.54) is 37.9 Å². The van der Waals surface area contributed by atoms with Crippen LogP contribution in [0.15, 0.2) is 156 Å². The summed E-state index contributed by atoms with van der Waals surface area (Å²) >= 11 is -2.17. The van der Waals surface area contributed by atoms with Crippen LogP contribution in [0.5, 0.6) is 0 Å². The zero-order valence-electron chi connectivity index (χ0n) is 41.3. The van der Waals surface area contributed by atoms with Gasteiger partial charge in [-0.05, 0) is 58.0 Å². The summed E-state index contributed by atoms with van der Waals surface area (Å²) in [6.45, 7) is 12.7. The van der Waals surface area contributed by atoms with Crippen molar-refractivity contribution in [2.75, 3.05) is 0 Å². The molecule has 1 radical (unpaired) electrons. The number of aromatic nitrogens is 3. The number of hydrogen-bond acceptors (Lipinski definition) is 3. The Labute approximate surface area is 393 Å². The molecule has 0 amide bonds. The van der Waals surface area contributed by atoms with Gasteiger partial charge in [0.2, 0.25) is 0 Å². The van der Waals surface area contributed by atoms with Crippen molar-refractivity contribution in [1.29, 1.82) is 0 Å². The summed E-state index contributed by atoms with van der Waals surface area (Å²) in [4.78, 5) is 9.88. The molecular formula is C57H53GeIrN3O-2. The molecule has 0 aliphatic rings. The fraction of sp³-hybridized carbons (Fsp3) is 0.193. The molecule has 4 nitrogen and oxygen atoms in total. The van der Waals surface area contributed by atoms with Gasteiger partial charge in [-0.1, -0.05) is 117 Å². The van der Waals surface area contributed by atoms with Crippen molar-refractivity contribution < 1.29 is 30.0 Å². The molecule has 6 heteroatoms. The van der Waals surface area contributed by atoms with Crippen LogP contribution < -0.4 is 4.40 Å². The molecule has 63 heavy (non-hydrogen) atoms. The first-order valence-electron chi connectivity index (χ1n) is 23.2. The van der Waals surface area contributed by atoms with Gasteiger partial charge >= 0.3 is 124 Å². The normalized spacial score (nSPS) is 13.0. The van der Waals surface area contributed by atoms with E-state index in [2.05, 4.69) is 176 Å². The Hall–Kier alpha value is -5.59. The fourth-order valence-corrected chi connectivity index (χ4v) is 11.8. The first kappa shape index (κ1) is 39.0. The summed E-state index contributed by atoms with van der Waals surface area (Å²) in [6.07, 6.45) is 1.86. The third kappa shape index (κ3) is 8.59. The van der Waals surface area contributed by atoms with Crippen LogP contribution in [-0.2, 0) is 25.5 Å². The number of para-hydroxylation sites is 1. The molecule has 10 rings (SSSR count). The minimum absolute atomic E-state index is 0. The molecular weight excluding hydrogens is 1010 g/mol. The van der Waals surface area contributed by atoms with Gasteiger partial charge in [0, 0.05) is 31.1 Å². The second-order valence-electron chi connectivity index (χ2n) is 18.4. The first-order valence-corrected chi connectivity index (χ1v) is 28.6. The van der Waals surface area contributed by atoms with Crippen molar-refractivity contribution in [1.82, 2.24) is 14.5 Å². The molecule has 0 aliphatic carbocycles. The maximum Gasteiger partial charge on any atom is 0 e. The molecule has 0 atom stereocenters. The summed E-state index contributed by atoms with van der Waals surface area (Å²) in [5, 5.41) is 4.52. The Balaban J connectivity index is 0.000000216. The molecule has 317 valence electrons. The van der Waals surface area contributed by atoms with Crippen LogP contribution in [0.1, 0.15) is 62.7 Å². The number of fused-ring (bicyclic) bond motifs is 5. The van der Waals surface area contributed by atoms with E-state index in [4.69, 9.17) is 14.9 Å².